The van der Waals surface area contributed by atoms with Gasteiger partial charge in [0, 0.05) is 23.5 Å². The predicted molar refractivity (Wildman–Crippen MR) is 108 cm³/mol. The molecule has 1 unspecified atom stereocenters. The molecule has 0 N–H and O–H groups in total. The quantitative estimate of drug-likeness (QED) is 0.782. The number of fused-ring (bicyclic) bond motifs is 3. The molecule has 138 valence electrons. The van der Waals surface area contributed by atoms with Crippen LogP contribution in [-0.2, 0) is 4.74 Å². The zero-order valence-corrected chi connectivity index (χ0v) is 15.6. The van der Waals surface area contributed by atoms with Crippen molar-refractivity contribution in [2.45, 2.75) is 19.4 Å². The molecule has 4 nitrogen and oxygen atoms in total. The zero-order valence-electron chi connectivity index (χ0n) is 15.6. The van der Waals surface area contributed by atoms with E-state index < -0.39 is 0 Å². The van der Waals surface area contributed by atoms with E-state index in [0.29, 0.717) is 5.56 Å². The zero-order chi connectivity index (χ0) is 19.1. The molecule has 2 aromatic rings. The van der Waals surface area contributed by atoms with Gasteiger partial charge in [-0.15, -0.1) is 0 Å². The maximum Gasteiger partial charge on any atom is 0.338 e. The van der Waals surface area contributed by atoms with E-state index in [1.54, 1.807) is 12.1 Å². The van der Waals surface area contributed by atoms with Crippen molar-refractivity contribution in [1.82, 2.24) is 4.90 Å². The molecule has 0 bridgehead atoms. The number of benzene rings is 2. The van der Waals surface area contributed by atoms with Crippen molar-refractivity contribution < 1.29 is 9.53 Å². The van der Waals surface area contributed by atoms with Crippen molar-refractivity contribution in [3.05, 3.63) is 106 Å². The Labute approximate surface area is 163 Å². The number of carbonyl (C=O) groups is 1. The molecular weight excluding hydrogens is 348 g/mol. The Morgan fingerprint density at radius 2 is 1.86 bits per heavy atom. The first-order valence-corrected chi connectivity index (χ1v) is 9.55. The first-order valence-electron chi connectivity index (χ1n) is 9.55. The molecule has 3 aliphatic rings. The summed E-state index contributed by atoms with van der Waals surface area (Å²) in [6, 6.07) is 17.4. The summed E-state index contributed by atoms with van der Waals surface area (Å²) in [5.41, 5.74) is 5.05. The van der Waals surface area contributed by atoms with Gasteiger partial charge in [0.1, 0.15) is 6.10 Å². The summed E-state index contributed by atoms with van der Waals surface area (Å²) < 4.78 is 5.66. The number of ether oxygens (including phenoxy) is 1. The number of carbonyl (C=O) groups excluding carboxylic acids is 1. The summed E-state index contributed by atoms with van der Waals surface area (Å²) in [7, 11) is 0. The Bertz CT molecular complexity index is 1170. The summed E-state index contributed by atoms with van der Waals surface area (Å²) in [6.07, 6.45) is 6.84. The highest BCUT2D eigenvalue weighted by atomic mass is 16.5. The van der Waals surface area contributed by atoms with Gasteiger partial charge in [0.25, 0.3) is 0 Å². The lowest BCUT2D eigenvalue weighted by Gasteiger charge is -2.32. The van der Waals surface area contributed by atoms with E-state index in [-0.39, 0.29) is 12.1 Å². The lowest BCUT2D eigenvalue weighted by Crippen LogP contribution is -2.29. The molecule has 0 saturated carbocycles. The number of nitrogens with zero attached hydrogens (tertiary/aromatic N) is 2. The van der Waals surface area contributed by atoms with Crippen LogP contribution in [0.15, 0.2) is 94.9 Å². The Hall–Kier alpha value is -3.40. The molecule has 3 heterocycles. The Kier molecular flexibility index (Phi) is 3.97. The Morgan fingerprint density at radius 3 is 2.71 bits per heavy atom. The molecule has 4 heteroatoms. The highest BCUT2D eigenvalue weighted by Crippen LogP contribution is 2.33. The maximum absolute atomic E-state index is 12.3. The number of allylic oxidation sites excluding steroid dienone is 2. The van der Waals surface area contributed by atoms with Crippen LogP contribution in [0.1, 0.15) is 23.7 Å². The van der Waals surface area contributed by atoms with E-state index >= 15 is 0 Å². The lowest BCUT2D eigenvalue weighted by molar-refractivity contribution is 0.0409. The van der Waals surface area contributed by atoms with Crippen LogP contribution in [0.4, 0.5) is 0 Å². The molecule has 0 amide bonds. The predicted octanol–water partition coefficient (Wildman–Crippen LogP) is 3.09. The van der Waals surface area contributed by atoms with Gasteiger partial charge in [0.2, 0.25) is 0 Å². The van der Waals surface area contributed by atoms with Crippen molar-refractivity contribution in [3.8, 4) is 0 Å². The van der Waals surface area contributed by atoms with Gasteiger partial charge in [0.05, 0.1) is 22.3 Å². The normalized spacial score (nSPS) is 18.0. The Balaban J connectivity index is 1.41. The standard InChI is InChI=1S/C24H20N2O2/c1-16(28-24(27)17-7-3-2-4-8-17)18-11-12-22-23-20(13-14-26(22)15-18)19-9-5-6-10-21(19)25-23/h2-12,15-16H,13-14H2,1H3. The fraction of sp³-hybridized carbons (Fsp3) is 0.167. The van der Waals surface area contributed by atoms with E-state index in [4.69, 9.17) is 9.73 Å². The van der Waals surface area contributed by atoms with Gasteiger partial charge in [-0.1, -0.05) is 42.5 Å². The first-order chi connectivity index (χ1) is 13.7. The molecule has 28 heavy (non-hydrogen) atoms. The SMILES string of the molecule is CC(OC(=O)c1ccccc1)C1=CN2CCC3=c4ccccc4=NC3=C2C=C1. The van der Waals surface area contributed by atoms with Crippen molar-refractivity contribution in [2.24, 2.45) is 4.99 Å². The van der Waals surface area contributed by atoms with Gasteiger partial charge in [0.15, 0.2) is 0 Å². The highest BCUT2D eigenvalue weighted by molar-refractivity contribution is 5.89. The summed E-state index contributed by atoms with van der Waals surface area (Å²) in [4.78, 5) is 19.4. The van der Waals surface area contributed by atoms with Crippen molar-refractivity contribution >= 4 is 11.5 Å². The van der Waals surface area contributed by atoms with Crippen molar-refractivity contribution in [1.29, 1.82) is 0 Å². The largest absolute Gasteiger partial charge is 0.454 e. The molecule has 0 aromatic heterocycles. The average molecular weight is 368 g/mol. The van der Waals surface area contributed by atoms with Crippen molar-refractivity contribution in [2.75, 3.05) is 6.54 Å². The van der Waals surface area contributed by atoms with Crippen LogP contribution >= 0.6 is 0 Å². The van der Waals surface area contributed by atoms with Gasteiger partial charge in [-0.05, 0) is 43.2 Å². The second-order valence-electron chi connectivity index (χ2n) is 7.16. The molecule has 0 fully saturated rings. The van der Waals surface area contributed by atoms with Crippen LogP contribution in [0.2, 0.25) is 0 Å². The van der Waals surface area contributed by atoms with E-state index in [1.807, 2.05) is 37.3 Å². The van der Waals surface area contributed by atoms with Crippen molar-refractivity contribution in [3.63, 3.8) is 0 Å². The summed E-state index contributed by atoms with van der Waals surface area (Å²) in [6.45, 7) is 2.80. The maximum atomic E-state index is 12.3. The average Bonchev–Trinajstić information content (AvgIpc) is 3.13. The molecule has 0 saturated heterocycles. The van der Waals surface area contributed by atoms with E-state index in [9.17, 15) is 4.79 Å². The summed E-state index contributed by atoms with van der Waals surface area (Å²) >= 11 is 0. The van der Waals surface area contributed by atoms with Crippen LogP contribution in [0.3, 0.4) is 0 Å². The van der Waals surface area contributed by atoms with Crippen LogP contribution < -0.4 is 10.6 Å². The number of hydrogen-bond acceptors (Lipinski definition) is 4. The second kappa shape index (κ2) is 6.64. The van der Waals surface area contributed by atoms with Crippen LogP contribution in [-0.4, -0.2) is 23.5 Å². The summed E-state index contributed by atoms with van der Waals surface area (Å²) in [5, 5.41) is 2.30. The van der Waals surface area contributed by atoms with Crippen LogP contribution in [0.25, 0.3) is 5.57 Å². The van der Waals surface area contributed by atoms with Gasteiger partial charge < -0.3 is 9.64 Å². The number of esters is 1. The molecule has 2 aromatic carbocycles. The minimum atomic E-state index is -0.321. The third kappa shape index (κ3) is 2.78. The number of para-hydroxylation sites is 1. The third-order valence-electron chi connectivity index (χ3n) is 5.40. The number of hydrogen-bond donors (Lipinski definition) is 0. The minimum Gasteiger partial charge on any atom is -0.454 e. The minimum absolute atomic E-state index is 0.304. The molecule has 3 aliphatic heterocycles. The van der Waals surface area contributed by atoms with Gasteiger partial charge in [-0.3, -0.25) is 0 Å². The lowest BCUT2D eigenvalue weighted by atomic mass is 9.97. The molecule has 0 radical (unpaired) electrons. The van der Waals surface area contributed by atoms with Gasteiger partial charge in [-0.2, -0.15) is 0 Å². The first kappa shape index (κ1) is 16.8. The topological polar surface area (TPSA) is 41.9 Å². The second-order valence-corrected chi connectivity index (χ2v) is 7.16. The van der Waals surface area contributed by atoms with E-state index in [0.717, 1.165) is 35.3 Å². The van der Waals surface area contributed by atoms with Crippen LogP contribution in [0, 0.1) is 0 Å². The third-order valence-corrected chi connectivity index (χ3v) is 5.40. The fourth-order valence-corrected chi connectivity index (χ4v) is 3.91. The van der Waals surface area contributed by atoms with Gasteiger partial charge >= 0.3 is 5.97 Å². The highest BCUT2D eigenvalue weighted by Gasteiger charge is 2.27. The molecule has 0 aliphatic carbocycles. The Morgan fingerprint density at radius 1 is 1.07 bits per heavy atom. The molecular formula is C24H20N2O2. The molecule has 5 rings (SSSR count). The van der Waals surface area contributed by atoms with Gasteiger partial charge in [-0.25, -0.2) is 9.79 Å². The smallest absolute Gasteiger partial charge is 0.338 e. The number of rotatable bonds is 3. The fourth-order valence-electron chi connectivity index (χ4n) is 3.91. The molecule has 1 atom stereocenters. The van der Waals surface area contributed by atoms with E-state index in [1.165, 1.54) is 10.8 Å². The van der Waals surface area contributed by atoms with Crippen LogP contribution in [0.5, 0.6) is 0 Å². The molecule has 0 spiro atoms. The van der Waals surface area contributed by atoms with E-state index in [2.05, 4.69) is 35.4 Å². The monoisotopic (exact) mass is 368 g/mol. The summed E-state index contributed by atoms with van der Waals surface area (Å²) in [5.74, 6) is -0.304.